The van der Waals surface area contributed by atoms with Crippen molar-refractivity contribution >= 4 is 44.8 Å². The van der Waals surface area contributed by atoms with Gasteiger partial charge in [0.2, 0.25) is 16.9 Å². The van der Waals surface area contributed by atoms with E-state index >= 15 is 0 Å². The molecule has 186 valence electrons. The van der Waals surface area contributed by atoms with Crippen molar-refractivity contribution in [3.63, 3.8) is 0 Å². The quantitative estimate of drug-likeness (QED) is 0.349. The predicted octanol–water partition coefficient (Wildman–Crippen LogP) is 5.12. The van der Waals surface area contributed by atoms with Gasteiger partial charge in [0.05, 0.1) is 0 Å². The normalized spacial score (nSPS) is 18.4. The minimum Gasteiger partial charge on any atom is -0.301 e. The van der Waals surface area contributed by atoms with E-state index in [4.69, 9.17) is 0 Å². The molecule has 0 atom stereocenters. The molecule has 2 aromatic rings. The smallest absolute Gasteiger partial charge is 0.301 e. The summed E-state index contributed by atoms with van der Waals surface area (Å²) in [6, 6.07) is 0. The van der Waals surface area contributed by atoms with Crippen LogP contribution in [-0.2, 0) is 22.4 Å². The Morgan fingerprint density at radius 3 is 1.88 bits per heavy atom. The fraction of sp³-hybridized carbons (Fsp3) is 0.632. The van der Waals surface area contributed by atoms with Gasteiger partial charge in [-0.25, -0.2) is 4.98 Å². The van der Waals surface area contributed by atoms with E-state index in [1.54, 1.807) is 0 Å². The number of thiazole rings is 1. The molecule has 0 bridgehead atoms. The summed E-state index contributed by atoms with van der Waals surface area (Å²) in [4.78, 5) is 28.7. The number of amides is 2. The topological polar surface area (TPSA) is 96.9 Å². The van der Waals surface area contributed by atoms with Crippen LogP contribution in [0.25, 0.3) is 0 Å². The lowest BCUT2D eigenvalue weighted by molar-refractivity contribution is -0.190. The summed E-state index contributed by atoms with van der Waals surface area (Å²) in [6.45, 7) is 0. The first-order valence-electron chi connectivity index (χ1n) is 10.4. The van der Waals surface area contributed by atoms with Gasteiger partial charge in [0, 0.05) is 17.5 Å². The van der Waals surface area contributed by atoms with Crippen LogP contribution in [0.15, 0.2) is 6.20 Å². The van der Waals surface area contributed by atoms with Crippen LogP contribution < -0.4 is 10.6 Å². The summed E-state index contributed by atoms with van der Waals surface area (Å²) >= 11 is 2.12. The molecular formula is C19H19F6N5O2S2. The van der Waals surface area contributed by atoms with Crippen LogP contribution in [0.1, 0.15) is 48.4 Å². The maximum atomic E-state index is 13.0. The van der Waals surface area contributed by atoms with Gasteiger partial charge in [-0.05, 0) is 44.9 Å². The number of aryl methyl sites for hydroxylation is 2. The Morgan fingerprint density at radius 2 is 1.35 bits per heavy atom. The SMILES string of the molecule is O=C(Nc1ncc(CCCCc2nnc(NC(=O)C3(C(F)(F)F)CC3)s2)s1)C1(C(F)(F)F)CC1. The number of nitrogens with one attached hydrogen (secondary N) is 2. The third kappa shape index (κ3) is 4.90. The Bertz CT molecular complexity index is 988. The van der Waals surface area contributed by atoms with E-state index in [0.717, 1.165) is 27.6 Å². The lowest BCUT2D eigenvalue weighted by Gasteiger charge is -2.17. The number of carbonyl (C=O) groups excluding carboxylic acids is 2. The second-order valence-electron chi connectivity index (χ2n) is 8.41. The standard InChI is InChI=1S/C19H19F6N5O2S2/c20-18(21,22)16(5-6-16)12(31)27-14-26-9-10(33-14)3-1-2-4-11-29-30-15(34-11)28-13(32)17(7-8-17)19(23,24)25/h9H,1-8H2,(H,26,27,31)(H,28,30,32). The van der Waals surface area contributed by atoms with Gasteiger partial charge in [-0.1, -0.05) is 11.3 Å². The van der Waals surface area contributed by atoms with E-state index in [-0.39, 0.29) is 35.9 Å². The van der Waals surface area contributed by atoms with Gasteiger partial charge in [-0.2, -0.15) is 26.3 Å². The fourth-order valence-electron chi connectivity index (χ4n) is 3.42. The molecule has 2 saturated carbocycles. The van der Waals surface area contributed by atoms with Crippen molar-refractivity contribution in [3.8, 4) is 0 Å². The highest BCUT2D eigenvalue weighted by atomic mass is 32.1. The third-order valence-corrected chi connectivity index (χ3v) is 7.85. The molecule has 34 heavy (non-hydrogen) atoms. The molecule has 2 aliphatic rings. The fourth-order valence-corrected chi connectivity index (χ4v) is 5.05. The molecule has 7 nitrogen and oxygen atoms in total. The molecule has 15 heteroatoms. The molecule has 2 aliphatic carbocycles. The molecule has 0 aromatic carbocycles. The van der Waals surface area contributed by atoms with E-state index in [1.165, 1.54) is 6.20 Å². The van der Waals surface area contributed by atoms with Gasteiger partial charge in [0.1, 0.15) is 15.8 Å². The number of carbonyl (C=O) groups is 2. The van der Waals surface area contributed by atoms with Gasteiger partial charge in [0.25, 0.3) is 0 Å². The Hall–Kier alpha value is -2.29. The predicted molar refractivity (Wildman–Crippen MR) is 111 cm³/mol. The largest absolute Gasteiger partial charge is 0.403 e. The van der Waals surface area contributed by atoms with Crippen LogP contribution in [0.5, 0.6) is 0 Å². The number of nitrogens with zero attached hydrogens (tertiary/aromatic N) is 3. The summed E-state index contributed by atoms with van der Waals surface area (Å²) in [6.07, 6.45) is -6.18. The highest BCUT2D eigenvalue weighted by molar-refractivity contribution is 7.15. The third-order valence-electron chi connectivity index (χ3n) is 5.98. The van der Waals surface area contributed by atoms with E-state index in [1.807, 2.05) is 0 Å². The number of anilines is 2. The summed E-state index contributed by atoms with van der Waals surface area (Å²) in [5.41, 5.74) is -4.62. The Labute approximate surface area is 197 Å². The highest BCUT2D eigenvalue weighted by Gasteiger charge is 2.69. The monoisotopic (exact) mass is 527 g/mol. The number of halogens is 6. The number of alkyl halides is 6. The van der Waals surface area contributed by atoms with Gasteiger partial charge < -0.3 is 5.32 Å². The van der Waals surface area contributed by atoms with Crippen LogP contribution in [0, 0.1) is 10.8 Å². The number of rotatable bonds is 9. The van der Waals surface area contributed by atoms with Crippen molar-refractivity contribution < 1.29 is 35.9 Å². The lowest BCUT2D eigenvalue weighted by Crippen LogP contribution is -2.36. The highest BCUT2D eigenvalue weighted by Crippen LogP contribution is 2.59. The summed E-state index contributed by atoms with van der Waals surface area (Å²) in [5.74, 6) is -2.19. The van der Waals surface area contributed by atoms with Crippen molar-refractivity contribution in [2.45, 2.75) is 63.7 Å². The van der Waals surface area contributed by atoms with Crippen LogP contribution in [-0.4, -0.2) is 39.3 Å². The zero-order chi connectivity index (χ0) is 24.8. The first kappa shape index (κ1) is 24.8. The van der Waals surface area contributed by atoms with Gasteiger partial charge in [-0.3, -0.25) is 14.9 Å². The number of aromatic nitrogens is 3. The molecule has 2 N–H and O–H groups in total. The Balaban J connectivity index is 1.20. The van der Waals surface area contributed by atoms with E-state index in [2.05, 4.69) is 25.8 Å². The van der Waals surface area contributed by atoms with Crippen molar-refractivity contribution in [2.24, 2.45) is 10.8 Å². The summed E-state index contributed by atoms with van der Waals surface area (Å²) in [5, 5.41) is 12.8. The number of hydrogen-bond acceptors (Lipinski definition) is 7. The maximum Gasteiger partial charge on any atom is 0.403 e. The lowest BCUT2D eigenvalue weighted by atomic mass is 10.1. The second kappa shape index (κ2) is 8.73. The average Bonchev–Trinajstić information content (AvgIpc) is 3.63. The van der Waals surface area contributed by atoms with Crippen LogP contribution in [0.4, 0.5) is 36.6 Å². The van der Waals surface area contributed by atoms with Crippen molar-refractivity contribution in [1.29, 1.82) is 0 Å². The molecule has 0 spiro atoms. The van der Waals surface area contributed by atoms with Crippen molar-refractivity contribution in [2.75, 3.05) is 10.6 Å². The second-order valence-corrected chi connectivity index (χ2v) is 10.6. The summed E-state index contributed by atoms with van der Waals surface area (Å²) in [7, 11) is 0. The number of unbranched alkanes of at least 4 members (excludes halogenated alkanes) is 1. The molecule has 0 aliphatic heterocycles. The molecule has 0 radical (unpaired) electrons. The molecule has 2 fully saturated rings. The van der Waals surface area contributed by atoms with Gasteiger partial charge >= 0.3 is 12.4 Å². The molecule has 2 heterocycles. The first-order chi connectivity index (χ1) is 15.9. The molecular weight excluding hydrogens is 508 g/mol. The Morgan fingerprint density at radius 1 is 0.824 bits per heavy atom. The zero-order valence-corrected chi connectivity index (χ0v) is 19.1. The van der Waals surface area contributed by atoms with Crippen LogP contribution in [0.3, 0.4) is 0 Å². The van der Waals surface area contributed by atoms with E-state index in [0.29, 0.717) is 30.7 Å². The molecule has 0 saturated heterocycles. The number of hydrogen-bond donors (Lipinski definition) is 2. The van der Waals surface area contributed by atoms with Crippen molar-refractivity contribution in [3.05, 3.63) is 16.1 Å². The minimum atomic E-state index is -4.60. The zero-order valence-electron chi connectivity index (χ0n) is 17.5. The van der Waals surface area contributed by atoms with Crippen LogP contribution in [0.2, 0.25) is 0 Å². The first-order valence-corrected chi connectivity index (χ1v) is 12.0. The van der Waals surface area contributed by atoms with Gasteiger partial charge in [0.15, 0.2) is 5.13 Å². The van der Waals surface area contributed by atoms with Crippen molar-refractivity contribution in [1.82, 2.24) is 15.2 Å². The van der Waals surface area contributed by atoms with Gasteiger partial charge in [-0.15, -0.1) is 21.5 Å². The molecule has 0 unspecified atom stereocenters. The van der Waals surface area contributed by atoms with Crippen LogP contribution >= 0.6 is 22.7 Å². The van der Waals surface area contributed by atoms with E-state index in [9.17, 15) is 35.9 Å². The molecule has 2 amide bonds. The maximum absolute atomic E-state index is 13.0. The minimum absolute atomic E-state index is 0.0191. The Kier molecular flexibility index (Phi) is 6.38. The van der Waals surface area contributed by atoms with E-state index < -0.39 is 35.0 Å². The molecule has 4 rings (SSSR count). The average molecular weight is 528 g/mol. The summed E-state index contributed by atoms with van der Waals surface area (Å²) < 4.78 is 78.0. The molecule has 2 aromatic heterocycles.